The Kier molecular flexibility index (Phi) is 4.03. The minimum absolute atomic E-state index is 0.135. The summed E-state index contributed by atoms with van der Waals surface area (Å²) in [6.45, 7) is 6.42. The molecule has 0 spiro atoms. The SMILES string of the molecule is C=C(O)COC(=O)C(C)=CC. The van der Waals surface area contributed by atoms with Gasteiger partial charge in [0.1, 0.15) is 12.4 Å². The third-order valence-electron chi connectivity index (χ3n) is 1.12. The molecule has 0 saturated carbocycles. The van der Waals surface area contributed by atoms with Crippen molar-refractivity contribution in [2.24, 2.45) is 0 Å². The third kappa shape index (κ3) is 4.19. The maximum Gasteiger partial charge on any atom is 0.333 e. The molecule has 0 heterocycles. The van der Waals surface area contributed by atoms with Crippen LogP contribution in [0.2, 0.25) is 0 Å². The lowest BCUT2D eigenvalue weighted by atomic mass is 10.3. The van der Waals surface area contributed by atoms with Crippen LogP contribution >= 0.6 is 0 Å². The fourth-order valence-corrected chi connectivity index (χ4v) is 0.381. The lowest BCUT2D eigenvalue weighted by molar-refractivity contribution is -0.138. The topological polar surface area (TPSA) is 46.5 Å². The first kappa shape index (κ1) is 9.75. The first-order chi connectivity index (χ1) is 5.07. The average molecular weight is 156 g/mol. The summed E-state index contributed by atoms with van der Waals surface area (Å²) < 4.78 is 4.60. The van der Waals surface area contributed by atoms with Crippen LogP contribution in [0.1, 0.15) is 13.8 Å². The van der Waals surface area contributed by atoms with Gasteiger partial charge in [0.05, 0.1) is 0 Å². The van der Waals surface area contributed by atoms with E-state index in [4.69, 9.17) is 5.11 Å². The van der Waals surface area contributed by atoms with Gasteiger partial charge < -0.3 is 9.84 Å². The summed E-state index contributed by atoms with van der Waals surface area (Å²) in [6, 6.07) is 0. The lowest BCUT2D eigenvalue weighted by Crippen LogP contribution is -2.07. The van der Waals surface area contributed by atoms with E-state index >= 15 is 0 Å². The van der Waals surface area contributed by atoms with Gasteiger partial charge in [-0.15, -0.1) is 0 Å². The number of hydrogen-bond donors (Lipinski definition) is 1. The highest BCUT2D eigenvalue weighted by Gasteiger charge is 2.03. The second-order valence-corrected chi connectivity index (χ2v) is 2.11. The van der Waals surface area contributed by atoms with E-state index in [9.17, 15) is 4.79 Å². The van der Waals surface area contributed by atoms with E-state index < -0.39 is 5.97 Å². The van der Waals surface area contributed by atoms with E-state index in [1.807, 2.05) is 0 Å². The Hall–Kier alpha value is -1.25. The van der Waals surface area contributed by atoms with E-state index in [0.29, 0.717) is 5.57 Å². The van der Waals surface area contributed by atoms with Crippen molar-refractivity contribution >= 4 is 5.97 Å². The van der Waals surface area contributed by atoms with E-state index in [1.54, 1.807) is 19.9 Å². The molecule has 3 heteroatoms. The summed E-state index contributed by atoms with van der Waals surface area (Å²) in [5.74, 6) is -0.579. The summed E-state index contributed by atoms with van der Waals surface area (Å²) in [5.41, 5.74) is 0.520. The molecule has 0 aliphatic rings. The molecule has 3 nitrogen and oxygen atoms in total. The van der Waals surface area contributed by atoms with Crippen molar-refractivity contribution in [3.63, 3.8) is 0 Å². The molecule has 11 heavy (non-hydrogen) atoms. The van der Waals surface area contributed by atoms with Gasteiger partial charge in [-0.1, -0.05) is 12.7 Å². The molecule has 0 rings (SSSR count). The highest BCUT2D eigenvalue weighted by molar-refractivity contribution is 5.87. The lowest BCUT2D eigenvalue weighted by Gasteiger charge is -2.01. The maximum absolute atomic E-state index is 10.8. The van der Waals surface area contributed by atoms with Crippen LogP contribution in [0, 0.1) is 0 Å². The fraction of sp³-hybridized carbons (Fsp3) is 0.375. The molecule has 0 atom stereocenters. The van der Waals surface area contributed by atoms with Gasteiger partial charge in [0.25, 0.3) is 0 Å². The predicted octanol–water partition coefficient (Wildman–Crippen LogP) is 1.57. The van der Waals surface area contributed by atoms with Crippen LogP contribution in [0.15, 0.2) is 24.0 Å². The fourth-order valence-electron chi connectivity index (χ4n) is 0.381. The van der Waals surface area contributed by atoms with Gasteiger partial charge in [-0.2, -0.15) is 0 Å². The van der Waals surface area contributed by atoms with E-state index in [0.717, 1.165) is 0 Å². The summed E-state index contributed by atoms with van der Waals surface area (Å²) in [6.07, 6.45) is 1.64. The monoisotopic (exact) mass is 156 g/mol. The average Bonchev–Trinajstić information content (AvgIpc) is 1.98. The molecule has 0 aromatic rings. The summed E-state index contributed by atoms with van der Waals surface area (Å²) in [4.78, 5) is 10.8. The molecular formula is C8H12O3. The Morgan fingerprint density at radius 2 is 2.27 bits per heavy atom. The molecule has 0 aromatic heterocycles. The van der Waals surface area contributed by atoms with Gasteiger partial charge in [0, 0.05) is 5.57 Å². The molecule has 0 fully saturated rings. The molecule has 0 saturated heterocycles. The predicted molar refractivity (Wildman–Crippen MR) is 42.2 cm³/mol. The van der Waals surface area contributed by atoms with Crippen molar-refractivity contribution in [3.05, 3.63) is 24.0 Å². The quantitative estimate of drug-likeness (QED) is 0.383. The molecule has 0 aliphatic heterocycles. The smallest absolute Gasteiger partial charge is 0.333 e. The number of esters is 1. The Morgan fingerprint density at radius 3 is 2.64 bits per heavy atom. The molecule has 0 radical (unpaired) electrons. The van der Waals surface area contributed by atoms with Gasteiger partial charge in [0.15, 0.2) is 0 Å². The van der Waals surface area contributed by atoms with Gasteiger partial charge in [-0.3, -0.25) is 0 Å². The number of hydrogen-bond acceptors (Lipinski definition) is 3. The molecule has 0 bridgehead atoms. The number of carbonyl (C=O) groups excluding carboxylic acids is 1. The van der Waals surface area contributed by atoms with Gasteiger partial charge in [0.2, 0.25) is 0 Å². The number of allylic oxidation sites excluding steroid dienone is 1. The second-order valence-electron chi connectivity index (χ2n) is 2.11. The molecule has 1 N–H and O–H groups in total. The van der Waals surface area contributed by atoms with E-state index in [2.05, 4.69) is 11.3 Å². The zero-order valence-corrected chi connectivity index (χ0v) is 6.76. The second kappa shape index (κ2) is 4.55. The summed E-state index contributed by atoms with van der Waals surface area (Å²) in [5, 5.41) is 8.56. The standard InChI is InChI=1S/C8H12O3/c1-4-6(2)8(10)11-5-7(3)9/h4,9H,3,5H2,1-2H3. The van der Waals surface area contributed by atoms with Crippen LogP contribution in [0.25, 0.3) is 0 Å². The number of aliphatic hydroxyl groups excluding tert-OH is 1. The highest BCUT2D eigenvalue weighted by Crippen LogP contribution is 1.96. The minimum Gasteiger partial charge on any atom is -0.509 e. The molecular weight excluding hydrogens is 144 g/mol. The van der Waals surface area contributed by atoms with Crippen LogP contribution in [0.5, 0.6) is 0 Å². The number of ether oxygens (including phenoxy) is 1. The van der Waals surface area contributed by atoms with Crippen molar-refractivity contribution in [1.29, 1.82) is 0 Å². The number of carbonyl (C=O) groups is 1. The highest BCUT2D eigenvalue weighted by atomic mass is 16.5. The largest absolute Gasteiger partial charge is 0.509 e. The van der Waals surface area contributed by atoms with Crippen molar-refractivity contribution in [2.75, 3.05) is 6.61 Å². The first-order valence-electron chi connectivity index (χ1n) is 3.24. The van der Waals surface area contributed by atoms with Crippen LogP contribution in [-0.2, 0) is 9.53 Å². The number of rotatable bonds is 3. The molecule has 0 aromatic carbocycles. The van der Waals surface area contributed by atoms with Gasteiger partial charge in [-0.25, -0.2) is 4.79 Å². The molecule has 62 valence electrons. The summed E-state index contributed by atoms with van der Waals surface area (Å²) in [7, 11) is 0. The van der Waals surface area contributed by atoms with Gasteiger partial charge >= 0.3 is 5.97 Å². The zero-order valence-electron chi connectivity index (χ0n) is 6.76. The van der Waals surface area contributed by atoms with Crippen LogP contribution in [-0.4, -0.2) is 17.7 Å². The van der Waals surface area contributed by atoms with Crippen molar-refractivity contribution in [2.45, 2.75) is 13.8 Å². The molecule has 0 amide bonds. The Bertz CT molecular complexity index is 192. The zero-order chi connectivity index (χ0) is 8.85. The van der Waals surface area contributed by atoms with Crippen molar-refractivity contribution in [1.82, 2.24) is 0 Å². The van der Waals surface area contributed by atoms with E-state index in [-0.39, 0.29) is 12.4 Å². The summed E-state index contributed by atoms with van der Waals surface area (Å²) >= 11 is 0. The van der Waals surface area contributed by atoms with Crippen LogP contribution in [0.3, 0.4) is 0 Å². The Morgan fingerprint density at radius 1 is 1.73 bits per heavy atom. The first-order valence-corrected chi connectivity index (χ1v) is 3.24. The molecule has 0 aliphatic carbocycles. The minimum atomic E-state index is -0.428. The molecule has 0 unspecified atom stereocenters. The third-order valence-corrected chi connectivity index (χ3v) is 1.12. The van der Waals surface area contributed by atoms with Crippen molar-refractivity contribution in [3.8, 4) is 0 Å². The Labute approximate surface area is 66.0 Å². The van der Waals surface area contributed by atoms with Crippen LogP contribution < -0.4 is 0 Å². The van der Waals surface area contributed by atoms with E-state index in [1.165, 1.54) is 0 Å². The Balaban J connectivity index is 3.80. The maximum atomic E-state index is 10.8. The number of aliphatic hydroxyl groups is 1. The normalized spacial score (nSPS) is 10.9. The van der Waals surface area contributed by atoms with Crippen LogP contribution in [0.4, 0.5) is 0 Å². The van der Waals surface area contributed by atoms with Gasteiger partial charge in [-0.05, 0) is 13.8 Å². The van der Waals surface area contributed by atoms with Crippen molar-refractivity contribution < 1.29 is 14.6 Å².